The van der Waals surface area contributed by atoms with E-state index in [2.05, 4.69) is 0 Å². The van der Waals surface area contributed by atoms with Gasteiger partial charge in [-0.25, -0.2) is 12.8 Å². The molecule has 1 aromatic carbocycles. The molecule has 0 atom stereocenters. The summed E-state index contributed by atoms with van der Waals surface area (Å²) in [6.07, 6.45) is -4.86. The number of halogens is 4. The molecule has 1 rings (SSSR count). The van der Waals surface area contributed by atoms with Crippen molar-refractivity contribution in [2.24, 2.45) is 0 Å². The fourth-order valence-corrected chi connectivity index (χ4v) is 2.38. The van der Waals surface area contributed by atoms with Crippen molar-refractivity contribution in [3.63, 3.8) is 0 Å². The molecule has 0 bridgehead atoms. The van der Waals surface area contributed by atoms with Crippen molar-refractivity contribution in [1.82, 2.24) is 0 Å². The summed E-state index contributed by atoms with van der Waals surface area (Å²) >= 11 is 0. The number of anilines is 1. The molecule has 0 aromatic heterocycles. The summed E-state index contributed by atoms with van der Waals surface area (Å²) in [6, 6.07) is 2.11. The van der Waals surface area contributed by atoms with Crippen molar-refractivity contribution in [3.8, 4) is 0 Å². The standard InChI is InChI=1S/C8H7F4NO2S/c9-5-1-2-7(6(13)3-5)16(14,15)4-8(10,11)12/h1-3H,4,13H2. The van der Waals surface area contributed by atoms with Gasteiger partial charge in [0.15, 0.2) is 15.6 Å². The summed E-state index contributed by atoms with van der Waals surface area (Å²) < 4.78 is 71.0. The van der Waals surface area contributed by atoms with E-state index in [9.17, 15) is 26.0 Å². The monoisotopic (exact) mass is 257 g/mol. The van der Waals surface area contributed by atoms with Gasteiger partial charge in [-0.2, -0.15) is 13.2 Å². The first-order valence-corrected chi connectivity index (χ1v) is 5.61. The van der Waals surface area contributed by atoms with Crippen LogP contribution in [-0.2, 0) is 9.84 Å². The van der Waals surface area contributed by atoms with Gasteiger partial charge in [0.2, 0.25) is 0 Å². The Morgan fingerprint density at radius 3 is 2.25 bits per heavy atom. The fraction of sp³-hybridized carbons (Fsp3) is 0.250. The van der Waals surface area contributed by atoms with E-state index >= 15 is 0 Å². The number of nitrogen functional groups attached to an aromatic ring is 1. The number of benzene rings is 1. The zero-order valence-electron chi connectivity index (χ0n) is 7.75. The van der Waals surface area contributed by atoms with Gasteiger partial charge in [0.25, 0.3) is 0 Å². The van der Waals surface area contributed by atoms with Crippen molar-refractivity contribution in [3.05, 3.63) is 24.0 Å². The van der Waals surface area contributed by atoms with E-state index in [0.29, 0.717) is 12.1 Å². The van der Waals surface area contributed by atoms with Crippen LogP contribution in [0.1, 0.15) is 0 Å². The molecule has 0 unspecified atom stereocenters. The highest BCUT2D eigenvalue weighted by Crippen LogP contribution is 2.26. The third-order valence-corrected chi connectivity index (χ3v) is 3.41. The molecule has 0 saturated carbocycles. The van der Waals surface area contributed by atoms with Crippen molar-refractivity contribution >= 4 is 15.5 Å². The molecule has 0 radical (unpaired) electrons. The predicted molar refractivity (Wildman–Crippen MR) is 48.9 cm³/mol. The largest absolute Gasteiger partial charge is 0.403 e. The second-order valence-corrected chi connectivity index (χ2v) is 5.01. The number of alkyl halides is 3. The molecule has 1 aromatic rings. The zero-order valence-corrected chi connectivity index (χ0v) is 8.57. The number of nitrogens with two attached hydrogens (primary N) is 1. The Morgan fingerprint density at radius 2 is 1.81 bits per heavy atom. The molecule has 16 heavy (non-hydrogen) atoms. The van der Waals surface area contributed by atoms with Gasteiger partial charge in [-0.15, -0.1) is 0 Å². The van der Waals surface area contributed by atoms with Gasteiger partial charge >= 0.3 is 6.18 Å². The molecular weight excluding hydrogens is 250 g/mol. The van der Waals surface area contributed by atoms with Crippen molar-refractivity contribution in [2.75, 3.05) is 11.5 Å². The lowest BCUT2D eigenvalue weighted by atomic mass is 10.3. The molecular formula is C8H7F4NO2S. The lowest BCUT2D eigenvalue weighted by Gasteiger charge is -2.09. The minimum absolute atomic E-state index is 0.538. The SMILES string of the molecule is Nc1cc(F)ccc1S(=O)(=O)CC(F)(F)F. The van der Waals surface area contributed by atoms with Crippen molar-refractivity contribution in [2.45, 2.75) is 11.1 Å². The molecule has 3 nitrogen and oxygen atoms in total. The number of hydrogen-bond acceptors (Lipinski definition) is 3. The van der Waals surface area contributed by atoms with Crippen LogP contribution in [0.2, 0.25) is 0 Å². The first-order chi connectivity index (χ1) is 7.12. The van der Waals surface area contributed by atoms with Crippen LogP contribution in [0.3, 0.4) is 0 Å². The van der Waals surface area contributed by atoms with E-state index in [0.717, 1.165) is 6.07 Å². The maximum absolute atomic E-state index is 12.6. The van der Waals surface area contributed by atoms with Gasteiger partial charge < -0.3 is 5.73 Å². The van der Waals surface area contributed by atoms with Gasteiger partial charge in [0.05, 0.1) is 10.6 Å². The van der Waals surface area contributed by atoms with Crippen LogP contribution in [0.5, 0.6) is 0 Å². The van der Waals surface area contributed by atoms with E-state index in [1.54, 1.807) is 0 Å². The van der Waals surface area contributed by atoms with Crippen LogP contribution in [-0.4, -0.2) is 20.3 Å². The predicted octanol–water partition coefficient (Wildman–Crippen LogP) is 1.74. The number of rotatable bonds is 2. The molecule has 2 N–H and O–H groups in total. The highest BCUT2D eigenvalue weighted by atomic mass is 32.2. The van der Waals surface area contributed by atoms with E-state index in [1.165, 1.54) is 0 Å². The van der Waals surface area contributed by atoms with Gasteiger partial charge in [0.1, 0.15) is 5.82 Å². The van der Waals surface area contributed by atoms with Gasteiger partial charge in [-0.1, -0.05) is 0 Å². The Morgan fingerprint density at radius 1 is 1.25 bits per heavy atom. The molecule has 90 valence electrons. The van der Waals surface area contributed by atoms with Crippen LogP contribution < -0.4 is 5.73 Å². The van der Waals surface area contributed by atoms with Crippen LogP contribution >= 0.6 is 0 Å². The quantitative estimate of drug-likeness (QED) is 0.498. The molecule has 0 spiro atoms. The van der Waals surface area contributed by atoms with Crippen molar-refractivity contribution < 1.29 is 26.0 Å². The van der Waals surface area contributed by atoms with E-state index < -0.39 is 38.2 Å². The normalized spacial score (nSPS) is 12.8. The smallest absolute Gasteiger partial charge is 0.398 e. The van der Waals surface area contributed by atoms with Crippen LogP contribution in [0.25, 0.3) is 0 Å². The minimum Gasteiger partial charge on any atom is -0.398 e. The van der Waals surface area contributed by atoms with E-state index in [-0.39, 0.29) is 0 Å². The third kappa shape index (κ3) is 3.09. The molecule has 0 aliphatic heterocycles. The topological polar surface area (TPSA) is 60.2 Å². The summed E-state index contributed by atoms with van der Waals surface area (Å²) in [4.78, 5) is -0.716. The first-order valence-electron chi connectivity index (χ1n) is 3.96. The Bertz CT molecular complexity index is 495. The third-order valence-electron chi connectivity index (χ3n) is 1.66. The van der Waals surface area contributed by atoms with Crippen molar-refractivity contribution in [1.29, 1.82) is 0 Å². The summed E-state index contributed by atoms with van der Waals surface area (Å²) in [5, 5.41) is 0. The zero-order chi connectivity index (χ0) is 12.6. The number of sulfone groups is 1. The second kappa shape index (κ2) is 3.93. The summed E-state index contributed by atoms with van der Waals surface area (Å²) in [5.41, 5.74) is 4.60. The molecule has 0 aliphatic rings. The molecule has 8 heteroatoms. The Kier molecular flexibility index (Phi) is 3.13. The van der Waals surface area contributed by atoms with Crippen LogP contribution in [0, 0.1) is 5.82 Å². The molecule has 0 heterocycles. The van der Waals surface area contributed by atoms with Gasteiger partial charge in [-0.3, -0.25) is 0 Å². The fourth-order valence-electron chi connectivity index (χ4n) is 1.10. The van der Waals surface area contributed by atoms with Gasteiger partial charge in [0, 0.05) is 0 Å². The minimum atomic E-state index is -4.86. The summed E-state index contributed by atoms with van der Waals surface area (Å²) in [5.74, 6) is -2.83. The Balaban J connectivity index is 3.18. The Hall–Kier alpha value is -1.31. The summed E-state index contributed by atoms with van der Waals surface area (Å²) in [7, 11) is -4.58. The molecule has 0 amide bonds. The average Bonchev–Trinajstić information content (AvgIpc) is 1.97. The second-order valence-electron chi connectivity index (χ2n) is 3.06. The van der Waals surface area contributed by atoms with Crippen LogP contribution in [0.4, 0.5) is 23.2 Å². The van der Waals surface area contributed by atoms with Gasteiger partial charge in [-0.05, 0) is 18.2 Å². The highest BCUT2D eigenvalue weighted by Gasteiger charge is 2.36. The van der Waals surface area contributed by atoms with Crippen LogP contribution in [0.15, 0.2) is 23.1 Å². The molecule has 0 fully saturated rings. The maximum Gasteiger partial charge on any atom is 0.403 e. The Labute approximate surface area is 88.8 Å². The summed E-state index contributed by atoms with van der Waals surface area (Å²) in [6.45, 7) is 0. The van der Waals surface area contributed by atoms with E-state index in [1.807, 2.05) is 0 Å². The number of hydrogen-bond donors (Lipinski definition) is 1. The lowest BCUT2D eigenvalue weighted by molar-refractivity contribution is -0.106. The average molecular weight is 257 g/mol. The maximum atomic E-state index is 12.6. The lowest BCUT2D eigenvalue weighted by Crippen LogP contribution is -2.23. The first kappa shape index (κ1) is 12.8. The molecule has 0 aliphatic carbocycles. The molecule has 0 saturated heterocycles. The van der Waals surface area contributed by atoms with E-state index in [4.69, 9.17) is 5.73 Å². The highest BCUT2D eigenvalue weighted by molar-refractivity contribution is 7.91.